The standard InChI is InChI=1S/C21H20BrNO4/c1-13-4-3-5-18(14(13)2)23-11-16(10-20(23)25)21(26)27-12-19(24)15-6-8-17(22)9-7-15/h3-9,16H,10-12H2,1-2H3/t16-/m1/s1. The number of esters is 1. The Labute approximate surface area is 166 Å². The Morgan fingerprint density at radius 3 is 2.56 bits per heavy atom. The van der Waals surface area contributed by atoms with Crippen molar-refractivity contribution >= 4 is 39.3 Å². The van der Waals surface area contributed by atoms with Gasteiger partial charge in [0.15, 0.2) is 12.4 Å². The van der Waals surface area contributed by atoms with Crippen LogP contribution in [0, 0.1) is 19.8 Å². The number of hydrogen-bond donors (Lipinski definition) is 0. The van der Waals surface area contributed by atoms with Crippen LogP contribution in [-0.2, 0) is 14.3 Å². The molecule has 1 atom stereocenters. The lowest BCUT2D eigenvalue weighted by atomic mass is 10.1. The fourth-order valence-corrected chi connectivity index (χ4v) is 3.36. The van der Waals surface area contributed by atoms with Gasteiger partial charge >= 0.3 is 5.97 Å². The summed E-state index contributed by atoms with van der Waals surface area (Å²) in [6, 6.07) is 12.6. The summed E-state index contributed by atoms with van der Waals surface area (Å²) in [6.45, 7) is 3.89. The van der Waals surface area contributed by atoms with Gasteiger partial charge < -0.3 is 9.64 Å². The molecule has 0 saturated carbocycles. The zero-order chi connectivity index (χ0) is 19.6. The monoisotopic (exact) mass is 429 g/mol. The number of ether oxygens (including phenoxy) is 1. The van der Waals surface area contributed by atoms with Crippen molar-refractivity contribution in [2.75, 3.05) is 18.1 Å². The van der Waals surface area contributed by atoms with Gasteiger partial charge in [0, 0.05) is 28.7 Å². The van der Waals surface area contributed by atoms with Crippen LogP contribution in [0.1, 0.15) is 27.9 Å². The van der Waals surface area contributed by atoms with E-state index >= 15 is 0 Å². The maximum atomic E-state index is 12.4. The molecule has 1 heterocycles. The molecular weight excluding hydrogens is 410 g/mol. The molecule has 0 N–H and O–H groups in total. The van der Waals surface area contributed by atoms with Crippen molar-refractivity contribution in [1.82, 2.24) is 0 Å². The maximum absolute atomic E-state index is 12.4. The van der Waals surface area contributed by atoms with E-state index in [0.29, 0.717) is 5.56 Å². The molecule has 5 nitrogen and oxygen atoms in total. The second-order valence-electron chi connectivity index (χ2n) is 6.66. The van der Waals surface area contributed by atoms with Gasteiger partial charge in [-0.2, -0.15) is 0 Å². The van der Waals surface area contributed by atoms with E-state index < -0.39 is 11.9 Å². The number of Topliss-reactive ketones (excluding diaryl/α,β-unsaturated/α-hetero) is 1. The molecule has 0 radical (unpaired) electrons. The second-order valence-corrected chi connectivity index (χ2v) is 7.58. The molecule has 0 aromatic heterocycles. The SMILES string of the molecule is Cc1cccc(N2C[C@H](C(=O)OCC(=O)c3ccc(Br)cc3)CC2=O)c1C. The van der Waals surface area contributed by atoms with Crippen molar-refractivity contribution in [2.45, 2.75) is 20.3 Å². The lowest BCUT2D eigenvalue weighted by molar-refractivity contribution is -0.147. The molecule has 3 rings (SSSR count). The summed E-state index contributed by atoms with van der Waals surface area (Å²) in [5.74, 6) is -1.45. The minimum absolute atomic E-state index is 0.0959. The summed E-state index contributed by atoms with van der Waals surface area (Å²) in [6.07, 6.45) is 0.0959. The fourth-order valence-electron chi connectivity index (χ4n) is 3.10. The fraction of sp³-hybridized carbons (Fsp3) is 0.286. The van der Waals surface area contributed by atoms with Crippen molar-refractivity contribution in [3.63, 3.8) is 0 Å². The molecule has 1 aliphatic rings. The number of nitrogens with zero attached hydrogens (tertiary/aromatic N) is 1. The Morgan fingerprint density at radius 1 is 1.15 bits per heavy atom. The number of anilines is 1. The molecule has 1 saturated heterocycles. The zero-order valence-electron chi connectivity index (χ0n) is 15.2. The highest BCUT2D eigenvalue weighted by molar-refractivity contribution is 9.10. The largest absolute Gasteiger partial charge is 0.457 e. The van der Waals surface area contributed by atoms with E-state index in [1.54, 1.807) is 29.2 Å². The van der Waals surface area contributed by atoms with Gasteiger partial charge in [-0.15, -0.1) is 0 Å². The highest BCUT2D eigenvalue weighted by Gasteiger charge is 2.37. The van der Waals surface area contributed by atoms with E-state index in [1.807, 2.05) is 32.0 Å². The number of hydrogen-bond acceptors (Lipinski definition) is 4. The Morgan fingerprint density at radius 2 is 1.85 bits per heavy atom. The Bertz CT molecular complexity index is 892. The molecule has 2 aromatic rings. The predicted molar refractivity (Wildman–Crippen MR) is 106 cm³/mol. The van der Waals surface area contributed by atoms with Gasteiger partial charge in [0.05, 0.1) is 5.92 Å². The van der Waals surface area contributed by atoms with Crippen LogP contribution in [0.2, 0.25) is 0 Å². The van der Waals surface area contributed by atoms with Crippen LogP contribution in [0.15, 0.2) is 46.9 Å². The molecule has 1 amide bonds. The van der Waals surface area contributed by atoms with Gasteiger partial charge in [-0.25, -0.2) is 0 Å². The highest BCUT2D eigenvalue weighted by Crippen LogP contribution is 2.29. The third kappa shape index (κ3) is 4.27. The van der Waals surface area contributed by atoms with Crippen LogP contribution >= 0.6 is 15.9 Å². The summed E-state index contributed by atoms with van der Waals surface area (Å²) in [5.41, 5.74) is 3.41. The van der Waals surface area contributed by atoms with Crippen LogP contribution in [0.4, 0.5) is 5.69 Å². The summed E-state index contributed by atoms with van der Waals surface area (Å²) < 4.78 is 6.05. The van der Waals surface area contributed by atoms with Crippen molar-refractivity contribution < 1.29 is 19.1 Å². The van der Waals surface area contributed by atoms with Crippen LogP contribution in [0.25, 0.3) is 0 Å². The van der Waals surface area contributed by atoms with Gasteiger partial charge in [0.25, 0.3) is 0 Å². The molecular formula is C21H20BrNO4. The number of amides is 1. The first-order chi connectivity index (χ1) is 12.9. The van der Waals surface area contributed by atoms with E-state index in [-0.39, 0.29) is 31.3 Å². The van der Waals surface area contributed by atoms with Gasteiger partial charge in [-0.05, 0) is 43.2 Å². The van der Waals surface area contributed by atoms with E-state index in [2.05, 4.69) is 15.9 Å². The van der Waals surface area contributed by atoms with Gasteiger partial charge in [0.1, 0.15) is 0 Å². The molecule has 1 aliphatic heterocycles. The molecule has 0 bridgehead atoms. The second kappa shape index (κ2) is 8.05. The Balaban J connectivity index is 1.61. The number of carbonyl (C=O) groups excluding carboxylic acids is 3. The van der Waals surface area contributed by atoms with Gasteiger partial charge in [0.2, 0.25) is 5.91 Å². The molecule has 0 aliphatic carbocycles. The first-order valence-electron chi connectivity index (χ1n) is 8.69. The van der Waals surface area contributed by atoms with Crippen LogP contribution in [0.5, 0.6) is 0 Å². The number of rotatable bonds is 5. The molecule has 2 aromatic carbocycles. The molecule has 6 heteroatoms. The van der Waals surface area contributed by atoms with E-state index in [4.69, 9.17) is 4.74 Å². The van der Waals surface area contributed by atoms with Gasteiger partial charge in [-0.1, -0.05) is 40.2 Å². The number of benzene rings is 2. The smallest absolute Gasteiger partial charge is 0.311 e. The van der Waals surface area contributed by atoms with Crippen LogP contribution in [-0.4, -0.2) is 30.8 Å². The lowest BCUT2D eigenvalue weighted by Crippen LogP contribution is -2.27. The molecule has 27 heavy (non-hydrogen) atoms. The third-order valence-electron chi connectivity index (χ3n) is 4.84. The first-order valence-corrected chi connectivity index (χ1v) is 9.48. The summed E-state index contributed by atoms with van der Waals surface area (Å²) in [7, 11) is 0. The minimum atomic E-state index is -0.560. The minimum Gasteiger partial charge on any atom is -0.457 e. The number of halogens is 1. The number of ketones is 1. The first kappa shape index (κ1) is 19.3. The average Bonchev–Trinajstić information content (AvgIpc) is 3.04. The van der Waals surface area contributed by atoms with Gasteiger partial charge in [-0.3, -0.25) is 14.4 Å². The molecule has 140 valence electrons. The number of aryl methyl sites for hydroxylation is 1. The quantitative estimate of drug-likeness (QED) is 0.534. The molecule has 0 spiro atoms. The topological polar surface area (TPSA) is 63.7 Å². The zero-order valence-corrected chi connectivity index (χ0v) is 16.8. The molecule has 0 unspecified atom stereocenters. The van der Waals surface area contributed by atoms with E-state index in [9.17, 15) is 14.4 Å². The van der Waals surface area contributed by atoms with Crippen LogP contribution in [0.3, 0.4) is 0 Å². The number of carbonyl (C=O) groups is 3. The normalized spacial score (nSPS) is 16.5. The Hall–Kier alpha value is -2.47. The van der Waals surface area contributed by atoms with Crippen molar-refractivity contribution in [3.05, 3.63) is 63.6 Å². The lowest BCUT2D eigenvalue weighted by Gasteiger charge is -2.20. The van der Waals surface area contributed by atoms with E-state index in [1.165, 1.54) is 0 Å². The maximum Gasteiger partial charge on any atom is 0.311 e. The predicted octanol–water partition coefficient (Wildman–Crippen LogP) is 3.84. The van der Waals surface area contributed by atoms with Crippen molar-refractivity contribution in [1.29, 1.82) is 0 Å². The summed E-state index contributed by atoms with van der Waals surface area (Å²) in [5, 5.41) is 0. The average molecular weight is 430 g/mol. The molecule has 1 fully saturated rings. The van der Waals surface area contributed by atoms with Crippen molar-refractivity contribution in [2.24, 2.45) is 5.92 Å². The summed E-state index contributed by atoms with van der Waals surface area (Å²) in [4.78, 5) is 38.5. The third-order valence-corrected chi connectivity index (χ3v) is 5.37. The summed E-state index contributed by atoms with van der Waals surface area (Å²) >= 11 is 3.31. The van der Waals surface area contributed by atoms with E-state index in [0.717, 1.165) is 21.3 Å². The van der Waals surface area contributed by atoms with Crippen LogP contribution < -0.4 is 4.90 Å². The Kier molecular flexibility index (Phi) is 5.75. The highest BCUT2D eigenvalue weighted by atomic mass is 79.9. The van der Waals surface area contributed by atoms with Crippen molar-refractivity contribution in [3.8, 4) is 0 Å².